The van der Waals surface area contributed by atoms with Gasteiger partial charge in [0.05, 0.1) is 15.6 Å². The molecule has 1 aliphatic heterocycles. The molecule has 1 saturated heterocycles. The molecule has 10 heteroatoms. The number of hydrogen-bond donors (Lipinski definition) is 0. The maximum absolute atomic E-state index is 13.4. The molecule has 0 bridgehead atoms. The van der Waals surface area contributed by atoms with Crippen molar-refractivity contribution in [3.63, 3.8) is 0 Å². The largest absolute Gasteiger partial charge is 0.345 e. The molecular weight excluding hydrogens is 501 g/mol. The van der Waals surface area contributed by atoms with Crippen LogP contribution in [0.15, 0.2) is 57.2 Å². The van der Waals surface area contributed by atoms with Crippen LogP contribution in [0.5, 0.6) is 0 Å². The van der Waals surface area contributed by atoms with E-state index in [9.17, 15) is 12.8 Å². The van der Waals surface area contributed by atoms with Crippen LogP contribution in [0.4, 0.5) is 9.52 Å². The average Bonchev–Trinajstić information content (AvgIpc) is 3.21. The highest BCUT2D eigenvalue weighted by Crippen LogP contribution is 2.31. The van der Waals surface area contributed by atoms with Crippen molar-refractivity contribution < 1.29 is 12.8 Å². The minimum Gasteiger partial charge on any atom is -0.345 e. The highest BCUT2D eigenvalue weighted by molar-refractivity contribution is 9.10. The Morgan fingerprint density at radius 1 is 1.07 bits per heavy atom. The first-order chi connectivity index (χ1) is 13.8. The SMILES string of the molecule is O=S(=O)(c1ccc(Br)cc1)N1CCN(c2nc(-c3ccc(F)c(Cl)c3)cs2)CC1. The van der Waals surface area contributed by atoms with E-state index in [1.165, 1.54) is 21.7 Å². The fourth-order valence-corrected chi connectivity index (χ4v) is 5.83. The van der Waals surface area contributed by atoms with Gasteiger partial charge in [-0.2, -0.15) is 4.31 Å². The van der Waals surface area contributed by atoms with Crippen LogP contribution in [0.25, 0.3) is 11.3 Å². The monoisotopic (exact) mass is 515 g/mol. The number of anilines is 1. The lowest BCUT2D eigenvalue weighted by atomic mass is 10.2. The fraction of sp³-hybridized carbons (Fsp3) is 0.211. The molecule has 29 heavy (non-hydrogen) atoms. The van der Waals surface area contributed by atoms with Crippen LogP contribution in [-0.2, 0) is 10.0 Å². The maximum Gasteiger partial charge on any atom is 0.243 e. The van der Waals surface area contributed by atoms with Gasteiger partial charge in [-0.1, -0.05) is 27.5 Å². The molecule has 0 aliphatic carbocycles. The second-order valence-corrected chi connectivity index (χ2v) is 10.6. The predicted molar refractivity (Wildman–Crippen MR) is 118 cm³/mol. The predicted octanol–water partition coefficient (Wildman–Crippen LogP) is 4.88. The number of aromatic nitrogens is 1. The Labute approximate surface area is 185 Å². The Morgan fingerprint density at radius 2 is 1.76 bits per heavy atom. The Balaban J connectivity index is 1.45. The summed E-state index contributed by atoms with van der Waals surface area (Å²) in [6, 6.07) is 11.2. The molecule has 1 aromatic heterocycles. The third kappa shape index (κ3) is 4.34. The molecule has 0 saturated carbocycles. The number of hydrogen-bond acceptors (Lipinski definition) is 5. The molecule has 2 aromatic carbocycles. The van der Waals surface area contributed by atoms with Crippen molar-refractivity contribution in [2.75, 3.05) is 31.1 Å². The number of thiazole rings is 1. The molecule has 0 unspecified atom stereocenters. The van der Waals surface area contributed by atoms with Crippen molar-refractivity contribution in [2.24, 2.45) is 0 Å². The Bertz CT molecular complexity index is 1130. The van der Waals surface area contributed by atoms with Gasteiger partial charge in [0.25, 0.3) is 0 Å². The number of halogens is 3. The zero-order valence-electron chi connectivity index (χ0n) is 15.1. The lowest BCUT2D eigenvalue weighted by molar-refractivity contribution is 0.385. The molecule has 4 rings (SSSR count). The summed E-state index contributed by atoms with van der Waals surface area (Å²) in [5, 5.41) is 2.76. The molecule has 0 atom stereocenters. The Kier molecular flexibility index (Phi) is 5.94. The third-order valence-electron chi connectivity index (χ3n) is 4.67. The van der Waals surface area contributed by atoms with E-state index in [4.69, 9.17) is 11.6 Å². The van der Waals surface area contributed by atoms with Gasteiger partial charge in [-0.05, 0) is 42.5 Å². The van der Waals surface area contributed by atoms with Crippen LogP contribution in [0.3, 0.4) is 0 Å². The first kappa shape index (κ1) is 20.7. The van der Waals surface area contributed by atoms with Gasteiger partial charge in [0, 0.05) is 41.6 Å². The van der Waals surface area contributed by atoms with E-state index >= 15 is 0 Å². The molecule has 0 amide bonds. The second kappa shape index (κ2) is 8.31. The van der Waals surface area contributed by atoms with Crippen molar-refractivity contribution in [3.05, 3.63) is 63.2 Å². The molecular formula is C19H16BrClFN3O2S2. The van der Waals surface area contributed by atoms with Crippen molar-refractivity contribution in [1.82, 2.24) is 9.29 Å². The number of piperazine rings is 1. The third-order valence-corrected chi connectivity index (χ3v) is 8.30. The van der Waals surface area contributed by atoms with E-state index in [2.05, 4.69) is 25.8 Å². The van der Waals surface area contributed by atoms with E-state index < -0.39 is 15.8 Å². The minimum absolute atomic E-state index is 0.0591. The number of sulfonamides is 1. The molecule has 0 radical (unpaired) electrons. The Morgan fingerprint density at radius 3 is 2.41 bits per heavy atom. The summed E-state index contributed by atoms with van der Waals surface area (Å²) in [5.41, 5.74) is 1.46. The summed E-state index contributed by atoms with van der Waals surface area (Å²) < 4.78 is 41.4. The first-order valence-corrected chi connectivity index (χ1v) is 12.3. The summed E-state index contributed by atoms with van der Waals surface area (Å²) >= 11 is 10.7. The highest BCUT2D eigenvalue weighted by atomic mass is 79.9. The van der Waals surface area contributed by atoms with Crippen LogP contribution >= 0.6 is 38.9 Å². The van der Waals surface area contributed by atoms with Crippen LogP contribution in [0.2, 0.25) is 5.02 Å². The summed E-state index contributed by atoms with van der Waals surface area (Å²) in [4.78, 5) is 6.97. The first-order valence-electron chi connectivity index (χ1n) is 8.76. The van der Waals surface area contributed by atoms with Gasteiger partial charge in [-0.25, -0.2) is 17.8 Å². The number of nitrogens with zero attached hydrogens (tertiary/aromatic N) is 3. The quantitative estimate of drug-likeness (QED) is 0.496. The molecule has 2 heterocycles. The normalized spacial score (nSPS) is 15.6. The van der Waals surface area contributed by atoms with E-state index in [0.29, 0.717) is 31.1 Å². The molecule has 5 nitrogen and oxygen atoms in total. The average molecular weight is 517 g/mol. The lowest BCUT2D eigenvalue weighted by Gasteiger charge is -2.33. The highest BCUT2D eigenvalue weighted by Gasteiger charge is 2.29. The molecule has 1 fully saturated rings. The zero-order valence-corrected chi connectivity index (χ0v) is 19.0. The second-order valence-electron chi connectivity index (χ2n) is 6.49. The van der Waals surface area contributed by atoms with Gasteiger partial charge in [0.1, 0.15) is 5.82 Å². The molecule has 152 valence electrons. The van der Waals surface area contributed by atoms with Crippen LogP contribution in [0, 0.1) is 5.82 Å². The maximum atomic E-state index is 13.4. The van der Waals surface area contributed by atoms with E-state index in [1.807, 2.05) is 5.38 Å². The molecule has 0 N–H and O–H groups in total. The molecule has 1 aliphatic rings. The minimum atomic E-state index is -3.51. The number of benzene rings is 2. The van der Waals surface area contributed by atoms with E-state index in [1.54, 1.807) is 36.4 Å². The topological polar surface area (TPSA) is 53.5 Å². The molecule has 3 aromatic rings. The number of rotatable bonds is 4. The summed E-state index contributed by atoms with van der Waals surface area (Å²) in [6.07, 6.45) is 0. The Hall–Kier alpha value is -1.52. The van der Waals surface area contributed by atoms with Crippen LogP contribution < -0.4 is 4.90 Å². The lowest BCUT2D eigenvalue weighted by Crippen LogP contribution is -2.48. The summed E-state index contributed by atoms with van der Waals surface area (Å²) in [7, 11) is -3.51. The van der Waals surface area contributed by atoms with Gasteiger partial charge in [-0.3, -0.25) is 0 Å². The van der Waals surface area contributed by atoms with E-state index in [0.717, 1.165) is 20.9 Å². The van der Waals surface area contributed by atoms with Crippen molar-refractivity contribution in [2.45, 2.75) is 4.90 Å². The van der Waals surface area contributed by atoms with Crippen LogP contribution in [0.1, 0.15) is 0 Å². The summed E-state index contributed by atoms with van der Waals surface area (Å²) in [6.45, 7) is 1.87. The van der Waals surface area contributed by atoms with Gasteiger partial charge >= 0.3 is 0 Å². The van der Waals surface area contributed by atoms with Crippen molar-refractivity contribution in [1.29, 1.82) is 0 Å². The van der Waals surface area contributed by atoms with Crippen molar-refractivity contribution >= 4 is 54.0 Å². The zero-order chi connectivity index (χ0) is 20.6. The molecule has 0 spiro atoms. The van der Waals surface area contributed by atoms with E-state index in [-0.39, 0.29) is 5.02 Å². The fourth-order valence-electron chi connectivity index (χ4n) is 3.07. The summed E-state index contributed by atoms with van der Waals surface area (Å²) in [5.74, 6) is -0.464. The smallest absolute Gasteiger partial charge is 0.243 e. The van der Waals surface area contributed by atoms with Crippen molar-refractivity contribution in [3.8, 4) is 11.3 Å². The van der Waals surface area contributed by atoms with Gasteiger partial charge < -0.3 is 4.90 Å². The van der Waals surface area contributed by atoms with Crippen LogP contribution in [-0.4, -0.2) is 43.9 Å². The van der Waals surface area contributed by atoms with Gasteiger partial charge in [0.2, 0.25) is 10.0 Å². The van der Waals surface area contributed by atoms with Gasteiger partial charge in [-0.15, -0.1) is 11.3 Å². The standard InChI is InChI=1S/C19H16BrClFN3O2S2/c20-14-2-4-15(5-3-14)29(26,27)25-9-7-24(8-10-25)19-23-18(12-28-19)13-1-6-17(22)16(21)11-13/h1-6,11-12H,7-10H2. The van der Waals surface area contributed by atoms with Gasteiger partial charge in [0.15, 0.2) is 5.13 Å².